The zero-order valence-corrected chi connectivity index (χ0v) is 21.1. The van der Waals surface area contributed by atoms with E-state index in [0.29, 0.717) is 28.1 Å². The molecule has 1 aliphatic heterocycles. The minimum Gasteiger partial charge on any atom is -0.465 e. The number of carbonyl (C=O) groups excluding carboxylic acids is 2. The number of ether oxygens (including phenoxy) is 1. The van der Waals surface area contributed by atoms with E-state index in [9.17, 15) is 9.59 Å². The number of anilines is 1. The SMILES string of the molecule is COC(=O)c1ccc(CSC2=NC(=Cc3ccc(C(C)C)cc3)C(=O)N2c2ccc(C)cc2)cc1. The van der Waals surface area contributed by atoms with Crippen LogP contribution in [0.15, 0.2) is 83.5 Å². The quantitative estimate of drug-likeness (QED) is 0.293. The van der Waals surface area contributed by atoms with E-state index >= 15 is 0 Å². The number of benzene rings is 3. The third-order valence-corrected chi connectivity index (χ3v) is 6.78. The largest absolute Gasteiger partial charge is 0.465 e. The minimum absolute atomic E-state index is 0.148. The molecule has 5 nitrogen and oxygen atoms in total. The Morgan fingerprint density at radius 1 is 1.00 bits per heavy atom. The molecular formula is C29H28N2O3S. The first-order chi connectivity index (χ1) is 16.9. The standard InChI is InChI=1S/C29H28N2O3S/c1-19(2)23-11-7-21(8-12-23)17-26-27(32)31(25-15-5-20(3)6-16-25)29(30-26)35-18-22-9-13-24(14-10-22)28(33)34-4/h5-17,19H,18H2,1-4H3. The van der Waals surface area contributed by atoms with Gasteiger partial charge in [0, 0.05) is 5.75 Å². The maximum absolute atomic E-state index is 13.4. The first kappa shape index (κ1) is 24.5. The second-order valence-corrected chi connectivity index (χ2v) is 9.64. The number of amidine groups is 1. The molecule has 0 bridgehead atoms. The summed E-state index contributed by atoms with van der Waals surface area (Å²) in [4.78, 5) is 31.5. The van der Waals surface area contributed by atoms with Crippen molar-refractivity contribution in [2.45, 2.75) is 32.4 Å². The lowest BCUT2D eigenvalue weighted by Crippen LogP contribution is -2.30. The second kappa shape index (κ2) is 10.7. The number of esters is 1. The fourth-order valence-corrected chi connectivity index (χ4v) is 4.62. The lowest BCUT2D eigenvalue weighted by atomic mass is 10.0. The molecule has 4 rings (SSSR count). The molecule has 0 unspecified atom stereocenters. The average Bonchev–Trinajstić information content (AvgIpc) is 3.18. The number of carbonyl (C=O) groups is 2. The van der Waals surface area contributed by atoms with Crippen molar-refractivity contribution in [3.63, 3.8) is 0 Å². The number of aryl methyl sites for hydroxylation is 1. The van der Waals surface area contributed by atoms with Crippen molar-refractivity contribution in [1.29, 1.82) is 0 Å². The lowest BCUT2D eigenvalue weighted by molar-refractivity contribution is -0.113. The molecule has 178 valence electrons. The Kier molecular flexibility index (Phi) is 7.51. The van der Waals surface area contributed by atoms with Gasteiger partial charge in [0.15, 0.2) is 5.17 Å². The molecule has 3 aromatic rings. The molecule has 1 amide bonds. The maximum Gasteiger partial charge on any atom is 0.337 e. The van der Waals surface area contributed by atoms with Crippen molar-refractivity contribution >= 4 is 40.6 Å². The molecule has 0 aromatic heterocycles. The monoisotopic (exact) mass is 484 g/mol. The van der Waals surface area contributed by atoms with Gasteiger partial charge in [-0.3, -0.25) is 9.69 Å². The van der Waals surface area contributed by atoms with Crippen LogP contribution < -0.4 is 4.90 Å². The van der Waals surface area contributed by atoms with E-state index < -0.39 is 0 Å². The zero-order valence-electron chi connectivity index (χ0n) is 20.3. The Morgan fingerprint density at radius 3 is 2.26 bits per heavy atom. The van der Waals surface area contributed by atoms with Gasteiger partial charge in [-0.2, -0.15) is 0 Å². The highest BCUT2D eigenvalue weighted by Crippen LogP contribution is 2.31. The van der Waals surface area contributed by atoms with Gasteiger partial charge in [-0.25, -0.2) is 9.79 Å². The molecule has 0 N–H and O–H groups in total. The predicted octanol–water partition coefficient (Wildman–Crippen LogP) is 6.58. The number of thioether (sulfide) groups is 1. The normalized spacial score (nSPS) is 14.5. The molecule has 0 saturated heterocycles. The highest BCUT2D eigenvalue weighted by molar-refractivity contribution is 8.13. The van der Waals surface area contributed by atoms with Crippen molar-refractivity contribution < 1.29 is 14.3 Å². The summed E-state index contributed by atoms with van der Waals surface area (Å²) < 4.78 is 4.77. The Labute approximate surface area is 210 Å². The van der Waals surface area contributed by atoms with Gasteiger partial charge in [0.05, 0.1) is 18.4 Å². The van der Waals surface area contributed by atoms with Crippen LogP contribution >= 0.6 is 11.8 Å². The maximum atomic E-state index is 13.4. The van der Waals surface area contributed by atoms with Crippen LogP contribution in [-0.4, -0.2) is 24.2 Å². The van der Waals surface area contributed by atoms with Crippen LogP contribution in [0.3, 0.4) is 0 Å². The summed E-state index contributed by atoms with van der Waals surface area (Å²) in [5.74, 6) is 0.540. The molecule has 1 aliphatic rings. The third kappa shape index (κ3) is 5.72. The molecule has 0 saturated carbocycles. The zero-order chi connectivity index (χ0) is 24.9. The topological polar surface area (TPSA) is 59.0 Å². The number of hydrogen-bond acceptors (Lipinski definition) is 5. The number of aliphatic imine (C=N–C) groups is 1. The average molecular weight is 485 g/mol. The molecule has 0 atom stereocenters. The van der Waals surface area contributed by atoms with Gasteiger partial charge >= 0.3 is 5.97 Å². The van der Waals surface area contributed by atoms with Gasteiger partial charge in [0.1, 0.15) is 5.70 Å². The number of hydrogen-bond donors (Lipinski definition) is 0. The third-order valence-electron chi connectivity index (χ3n) is 5.77. The molecule has 0 aliphatic carbocycles. The summed E-state index contributed by atoms with van der Waals surface area (Å²) in [5.41, 5.74) is 6.03. The van der Waals surface area contributed by atoms with E-state index in [4.69, 9.17) is 9.73 Å². The van der Waals surface area contributed by atoms with Crippen LogP contribution in [0.25, 0.3) is 6.08 Å². The summed E-state index contributed by atoms with van der Waals surface area (Å²) in [5, 5.41) is 0.626. The Balaban J connectivity index is 1.60. The van der Waals surface area contributed by atoms with Crippen LogP contribution in [0, 0.1) is 6.92 Å². The van der Waals surface area contributed by atoms with E-state index in [-0.39, 0.29) is 11.9 Å². The van der Waals surface area contributed by atoms with Gasteiger partial charge in [-0.1, -0.05) is 79.7 Å². The summed E-state index contributed by atoms with van der Waals surface area (Å²) in [7, 11) is 1.37. The van der Waals surface area contributed by atoms with Crippen molar-refractivity contribution in [3.8, 4) is 0 Å². The Bertz CT molecular complexity index is 1280. The highest BCUT2D eigenvalue weighted by atomic mass is 32.2. The first-order valence-corrected chi connectivity index (χ1v) is 12.5. The van der Waals surface area contributed by atoms with Crippen molar-refractivity contribution in [2.24, 2.45) is 4.99 Å². The van der Waals surface area contributed by atoms with Gasteiger partial charge < -0.3 is 4.74 Å². The van der Waals surface area contributed by atoms with Crippen LogP contribution in [0.5, 0.6) is 0 Å². The van der Waals surface area contributed by atoms with Crippen molar-refractivity contribution in [3.05, 3.63) is 106 Å². The van der Waals surface area contributed by atoms with E-state index in [1.54, 1.807) is 17.0 Å². The van der Waals surface area contributed by atoms with E-state index in [1.165, 1.54) is 24.4 Å². The fourth-order valence-electron chi connectivity index (χ4n) is 3.65. The van der Waals surface area contributed by atoms with E-state index in [0.717, 1.165) is 22.4 Å². The van der Waals surface area contributed by atoms with Crippen LogP contribution in [0.2, 0.25) is 0 Å². The number of methoxy groups -OCH3 is 1. The molecular weight excluding hydrogens is 456 g/mol. The number of nitrogens with zero attached hydrogens (tertiary/aromatic N) is 2. The van der Waals surface area contributed by atoms with Crippen LogP contribution in [-0.2, 0) is 15.3 Å². The van der Waals surface area contributed by atoms with E-state index in [1.807, 2.05) is 61.5 Å². The first-order valence-electron chi connectivity index (χ1n) is 11.5. The van der Waals surface area contributed by atoms with Crippen molar-refractivity contribution in [1.82, 2.24) is 0 Å². The number of rotatable bonds is 6. The summed E-state index contributed by atoms with van der Waals surface area (Å²) in [6.07, 6.45) is 1.84. The Morgan fingerprint density at radius 2 is 1.66 bits per heavy atom. The van der Waals surface area contributed by atoms with E-state index in [2.05, 4.69) is 26.0 Å². The van der Waals surface area contributed by atoms with Gasteiger partial charge in [-0.05, 0) is 59.9 Å². The van der Waals surface area contributed by atoms with Crippen LogP contribution in [0.1, 0.15) is 52.4 Å². The van der Waals surface area contributed by atoms with Crippen LogP contribution in [0.4, 0.5) is 5.69 Å². The van der Waals surface area contributed by atoms with Gasteiger partial charge in [0.25, 0.3) is 5.91 Å². The molecule has 0 radical (unpaired) electrons. The van der Waals surface area contributed by atoms with Gasteiger partial charge in [-0.15, -0.1) is 0 Å². The Hall–Kier alpha value is -3.64. The van der Waals surface area contributed by atoms with Gasteiger partial charge in [0.2, 0.25) is 0 Å². The summed E-state index contributed by atoms with van der Waals surface area (Å²) in [6, 6.07) is 23.3. The molecule has 3 aromatic carbocycles. The molecule has 0 spiro atoms. The lowest BCUT2D eigenvalue weighted by Gasteiger charge is -2.18. The summed E-state index contributed by atoms with van der Waals surface area (Å²) in [6.45, 7) is 6.33. The molecule has 6 heteroatoms. The molecule has 1 heterocycles. The number of amides is 1. The minimum atomic E-state index is -0.364. The molecule has 35 heavy (non-hydrogen) atoms. The highest BCUT2D eigenvalue weighted by Gasteiger charge is 2.32. The molecule has 0 fully saturated rings. The smallest absolute Gasteiger partial charge is 0.337 e. The fraction of sp³-hybridized carbons (Fsp3) is 0.207. The summed E-state index contributed by atoms with van der Waals surface area (Å²) >= 11 is 1.49. The van der Waals surface area contributed by atoms with Crippen molar-refractivity contribution in [2.75, 3.05) is 12.0 Å². The second-order valence-electron chi connectivity index (χ2n) is 8.70. The predicted molar refractivity (Wildman–Crippen MR) is 144 cm³/mol.